The average Bonchev–Trinajstić information content (AvgIpc) is 3.17. The average molecular weight is 343 g/mol. The third-order valence-electron chi connectivity index (χ3n) is 4.22. The van der Waals surface area contributed by atoms with Crippen LogP contribution in [0.4, 0.5) is 5.69 Å². The van der Waals surface area contributed by atoms with E-state index in [2.05, 4.69) is 29.6 Å². The van der Waals surface area contributed by atoms with E-state index in [0.29, 0.717) is 6.42 Å². The number of carbonyl (C=O) groups excluding carboxylic acids is 1. The topological polar surface area (TPSA) is 29.1 Å². The summed E-state index contributed by atoms with van der Waals surface area (Å²) in [5.74, 6) is 0.000333. The molecule has 25 heavy (non-hydrogen) atoms. The van der Waals surface area contributed by atoms with Crippen LogP contribution in [0.15, 0.2) is 84.2 Å². The monoisotopic (exact) mass is 343 g/mol. The van der Waals surface area contributed by atoms with Crippen LogP contribution in [0, 0.1) is 0 Å². The first-order valence-electron chi connectivity index (χ1n) is 8.21. The number of para-hydroxylation sites is 1. The fourth-order valence-electron chi connectivity index (χ4n) is 3.05. The molecule has 1 aromatic heterocycles. The Morgan fingerprint density at radius 3 is 2.52 bits per heavy atom. The highest BCUT2D eigenvalue weighted by Gasteiger charge is 2.11. The van der Waals surface area contributed by atoms with E-state index in [1.54, 1.807) is 11.3 Å². The molecule has 0 aliphatic heterocycles. The summed E-state index contributed by atoms with van der Waals surface area (Å²) in [7, 11) is 0. The summed E-state index contributed by atoms with van der Waals surface area (Å²) in [6.45, 7) is 0. The maximum Gasteiger partial charge on any atom is 0.228 e. The van der Waals surface area contributed by atoms with Crippen LogP contribution >= 0.6 is 11.3 Å². The molecule has 3 aromatic carbocycles. The van der Waals surface area contributed by atoms with Gasteiger partial charge in [0.2, 0.25) is 5.91 Å². The highest BCUT2D eigenvalue weighted by Crippen LogP contribution is 2.31. The summed E-state index contributed by atoms with van der Waals surface area (Å²) in [4.78, 5) is 13.8. The highest BCUT2D eigenvalue weighted by atomic mass is 32.1. The lowest BCUT2D eigenvalue weighted by Crippen LogP contribution is -2.15. The largest absolute Gasteiger partial charge is 0.325 e. The van der Waals surface area contributed by atoms with Gasteiger partial charge >= 0.3 is 0 Å². The van der Waals surface area contributed by atoms with E-state index in [0.717, 1.165) is 32.5 Å². The van der Waals surface area contributed by atoms with Crippen LogP contribution in [0.1, 0.15) is 5.56 Å². The Balaban J connectivity index is 1.59. The van der Waals surface area contributed by atoms with Crippen LogP contribution in [0.3, 0.4) is 0 Å². The maximum atomic E-state index is 12.6. The summed E-state index contributed by atoms with van der Waals surface area (Å²) < 4.78 is 0. The first kappa shape index (κ1) is 15.6. The van der Waals surface area contributed by atoms with Crippen LogP contribution in [0.2, 0.25) is 0 Å². The molecule has 0 aliphatic carbocycles. The smallest absolute Gasteiger partial charge is 0.228 e. The van der Waals surface area contributed by atoms with Crippen molar-refractivity contribution < 1.29 is 4.79 Å². The maximum absolute atomic E-state index is 12.6. The lowest BCUT2D eigenvalue weighted by Gasteiger charge is -2.11. The zero-order valence-electron chi connectivity index (χ0n) is 13.6. The van der Waals surface area contributed by atoms with Crippen LogP contribution < -0.4 is 5.32 Å². The van der Waals surface area contributed by atoms with E-state index in [4.69, 9.17) is 0 Å². The number of nitrogens with one attached hydrogen (secondary N) is 1. The summed E-state index contributed by atoms with van der Waals surface area (Å²) in [6, 6.07) is 26.3. The first-order chi connectivity index (χ1) is 12.3. The molecule has 0 saturated heterocycles. The highest BCUT2D eigenvalue weighted by molar-refractivity contribution is 7.13. The van der Waals surface area contributed by atoms with Crippen molar-refractivity contribution in [2.45, 2.75) is 6.42 Å². The van der Waals surface area contributed by atoms with Crippen molar-refractivity contribution in [3.8, 4) is 10.4 Å². The predicted octanol–water partition coefficient (Wildman–Crippen LogP) is 5.75. The number of carbonyl (C=O) groups is 1. The van der Waals surface area contributed by atoms with Gasteiger partial charge < -0.3 is 5.32 Å². The normalized spacial score (nSPS) is 10.7. The summed E-state index contributed by atoms with van der Waals surface area (Å²) in [6.07, 6.45) is 0.361. The molecule has 0 unspecified atom stereocenters. The number of hydrogen-bond acceptors (Lipinski definition) is 2. The Hall–Kier alpha value is -2.91. The number of benzene rings is 3. The van der Waals surface area contributed by atoms with Gasteiger partial charge in [-0.2, -0.15) is 0 Å². The van der Waals surface area contributed by atoms with Gasteiger partial charge in [-0.15, -0.1) is 11.3 Å². The lowest BCUT2D eigenvalue weighted by molar-refractivity contribution is -0.115. The second-order valence-corrected chi connectivity index (χ2v) is 6.83. The standard InChI is InChI=1S/C22H17NOS/c24-22(15-17-9-5-8-16-7-1-2-10-18(16)17)23-20-12-4-3-11-19(20)21-13-6-14-25-21/h1-14H,15H2,(H,23,24). The molecule has 0 aliphatic rings. The number of anilines is 1. The molecule has 0 spiro atoms. The molecular formula is C22H17NOS. The van der Waals surface area contributed by atoms with E-state index in [9.17, 15) is 4.79 Å². The van der Waals surface area contributed by atoms with Crippen molar-refractivity contribution in [3.05, 3.63) is 89.8 Å². The van der Waals surface area contributed by atoms with Crippen LogP contribution in [-0.4, -0.2) is 5.91 Å². The van der Waals surface area contributed by atoms with Crippen molar-refractivity contribution >= 4 is 33.7 Å². The van der Waals surface area contributed by atoms with Crippen LogP contribution in [-0.2, 0) is 11.2 Å². The summed E-state index contributed by atoms with van der Waals surface area (Å²) in [5, 5.41) is 7.42. The Morgan fingerprint density at radius 1 is 0.840 bits per heavy atom. The Bertz CT molecular complexity index is 1020. The number of amides is 1. The zero-order valence-corrected chi connectivity index (χ0v) is 14.4. The molecule has 1 N–H and O–H groups in total. The number of rotatable bonds is 4. The fourth-order valence-corrected chi connectivity index (χ4v) is 3.82. The Labute approximate surface area is 150 Å². The predicted molar refractivity (Wildman–Crippen MR) is 106 cm³/mol. The van der Waals surface area contributed by atoms with E-state index in [1.807, 2.05) is 60.0 Å². The molecule has 0 fully saturated rings. The second-order valence-electron chi connectivity index (χ2n) is 5.89. The van der Waals surface area contributed by atoms with Crippen molar-refractivity contribution in [1.29, 1.82) is 0 Å². The molecule has 4 rings (SSSR count). The number of fused-ring (bicyclic) bond motifs is 1. The molecule has 0 radical (unpaired) electrons. The van der Waals surface area contributed by atoms with Gasteiger partial charge in [0, 0.05) is 16.1 Å². The van der Waals surface area contributed by atoms with Crippen molar-refractivity contribution in [2.24, 2.45) is 0 Å². The SMILES string of the molecule is O=C(Cc1cccc2ccccc12)Nc1ccccc1-c1cccs1. The fraction of sp³-hybridized carbons (Fsp3) is 0.0455. The molecule has 122 valence electrons. The van der Waals surface area contributed by atoms with E-state index >= 15 is 0 Å². The Morgan fingerprint density at radius 2 is 1.64 bits per heavy atom. The molecule has 2 nitrogen and oxygen atoms in total. The minimum Gasteiger partial charge on any atom is -0.325 e. The van der Waals surface area contributed by atoms with Crippen molar-refractivity contribution in [1.82, 2.24) is 0 Å². The minimum absolute atomic E-state index is 0.000333. The van der Waals surface area contributed by atoms with Gasteiger partial charge in [0.05, 0.1) is 6.42 Å². The van der Waals surface area contributed by atoms with E-state index in [-0.39, 0.29) is 5.91 Å². The van der Waals surface area contributed by atoms with Gasteiger partial charge in [0.25, 0.3) is 0 Å². The molecule has 0 atom stereocenters. The zero-order chi connectivity index (χ0) is 17.1. The van der Waals surface area contributed by atoms with Gasteiger partial charge in [-0.25, -0.2) is 0 Å². The van der Waals surface area contributed by atoms with Gasteiger partial charge in [-0.3, -0.25) is 4.79 Å². The Kier molecular flexibility index (Phi) is 4.32. The first-order valence-corrected chi connectivity index (χ1v) is 9.08. The number of hydrogen-bond donors (Lipinski definition) is 1. The van der Waals surface area contributed by atoms with Gasteiger partial charge in [-0.1, -0.05) is 66.7 Å². The second kappa shape index (κ2) is 6.91. The van der Waals surface area contributed by atoms with Gasteiger partial charge in [0.1, 0.15) is 0 Å². The van der Waals surface area contributed by atoms with Gasteiger partial charge in [0.15, 0.2) is 0 Å². The molecule has 1 amide bonds. The molecule has 4 aromatic rings. The minimum atomic E-state index is 0.000333. The van der Waals surface area contributed by atoms with Crippen molar-refractivity contribution in [3.63, 3.8) is 0 Å². The quantitative estimate of drug-likeness (QED) is 0.502. The summed E-state index contributed by atoms with van der Waals surface area (Å²) in [5.41, 5.74) is 2.96. The third-order valence-corrected chi connectivity index (χ3v) is 5.12. The van der Waals surface area contributed by atoms with Gasteiger partial charge in [-0.05, 0) is 33.8 Å². The van der Waals surface area contributed by atoms with E-state index in [1.165, 1.54) is 0 Å². The van der Waals surface area contributed by atoms with E-state index < -0.39 is 0 Å². The molecular weight excluding hydrogens is 326 g/mol. The molecule has 0 saturated carbocycles. The molecule has 3 heteroatoms. The third kappa shape index (κ3) is 3.32. The molecule has 0 bridgehead atoms. The van der Waals surface area contributed by atoms with Crippen LogP contribution in [0.25, 0.3) is 21.2 Å². The molecule has 1 heterocycles. The summed E-state index contributed by atoms with van der Waals surface area (Å²) >= 11 is 1.67. The van der Waals surface area contributed by atoms with Crippen molar-refractivity contribution in [2.75, 3.05) is 5.32 Å². The van der Waals surface area contributed by atoms with Crippen LogP contribution in [0.5, 0.6) is 0 Å². The lowest BCUT2D eigenvalue weighted by atomic mass is 10.0. The number of thiophene rings is 1.